The molecule has 2 aromatic rings. The van der Waals surface area contributed by atoms with Crippen LogP contribution in [-0.2, 0) is 10.2 Å². The van der Waals surface area contributed by atoms with Crippen LogP contribution in [0.5, 0.6) is 0 Å². The SMILES string of the molecule is Cc1ccccc1-n1nc(C(C)(C)C)cc1NC(=O)C1CCC(N)C1. The lowest BCUT2D eigenvalue weighted by Crippen LogP contribution is -2.24. The Morgan fingerprint density at radius 1 is 1.28 bits per heavy atom. The summed E-state index contributed by atoms with van der Waals surface area (Å²) >= 11 is 0. The Balaban J connectivity index is 1.96. The van der Waals surface area contributed by atoms with E-state index in [0.717, 1.165) is 42.0 Å². The molecule has 0 radical (unpaired) electrons. The highest BCUT2D eigenvalue weighted by atomic mass is 16.2. The third kappa shape index (κ3) is 3.76. The number of aromatic nitrogens is 2. The zero-order valence-electron chi connectivity index (χ0n) is 15.5. The Kier molecular flexibility index (Phi) is 4.69. The van der Waals surface area contributed by atoms with E-state index in [4.69, 9.17) is 10.8 Å². The van der Waals surface area contributed by atoms with E-state index in [9.17, 15) is 4.79 Å². The fourth-order valence-corrected chi connectivity index (χ4v) is 3.30. The first-order valence-electron chi connectivity index (χ1n) is 8.98. The normalized spacial score (nSPS) is 20.7. The Hall–Kier alpha value is -2.14. The Bertz CT molecular complexity index is 772. The van der Waals surface area contributed by atoms with Gasteiger partial charge in [0.2, 0.25) is 5.91 Å². The minimum absolute atomic E-state index is 0.00620. The summed E-state index contributed by atoms with van der Waals surface area (Å²) in [4.78, 5) is 12.7. The van der Waals surface area contributed by atoms with E-state index in [1.54, 1.807) is 0 Å². The summed E-state index contributed by atoms with van der Waals surface area (Å²) in [6.45, 7) is 8.42. The molecule has 3 N–H and O–H groups in total. The van der Waals surface area contributed by atoms with Crippen molar-refractivity contribution in [3.8, 4) is 5.69 Å². The van der Waals surface area contributed by atoms with E-state index in [-0.39, 0.29) is 23.3 Å². The Labute approximate surface area is 149 Å². The van der Waals surface area contributed by atoms with Gasteiger partial charge in [-0.05, 0) is 37.8 Å². The molecule has 25 heavy (non-hydrogen) atoms. The molecule has 1 saturated carbocycles. The molecule has 1 aliphatic carbocycles. The lowest BCUT2D eigenvalue weighted by atomic mass is 9.92. The van der Waals surface area contributed by atoms with E-state index < -0.39 is 0 Å². The smallest absolute Gasteiger partial charge is 0.228 e. The van der Waals surface area contributed by atoms with Crippen molar-refractivity contribution < 1.29 is 4.79 Å². The summed E-state index contributed by atoms with van der Waals surface area (Å²) < 4.78 is 1.85. The van der Waals surface area contributed by atoms with E-state index in [2.05, 4.69) is 39.1 Å². The number of para-hydroxylation sites is 1. The second-order valence-corrected chi connectivity index (χ2v) is 8.12. The number of nitrogens with zero attached hydrogens (tertiary/aromatic N) is 2. The molecule has 5 heteroatoms. The molecule has 1 aliphatic rings. The van der Waals surface area contributed by atoms with Crippen LogP contribution < -0.4 is 11.1 Å². The molecule has 1 heterocycles. The van der Waals surface area contributed by atoms with E-state index in [1.165, 1.54) is 0 Å². The third-order valence-electron chi connectivity index (χ3n) is 4.92. The van der Waals surface area contributed by atoms with Crippen LogP contribution in [-0.4, -0.2) is 21.7 Å². The maximum absolute atomic E-state index is 12.7. The van der Waals surface area contributed by atoms with Crippen molar-refractivity contribution in [1.82, 2.24) is 9.78 Å². The lowest BCUT2D eigenvalue weighted by molar-refractivity contribution is -0.119. The van der Waals surface area contributed by atoms with Gasteiger partial charge < -0.3 is 11.1 Å². The molecule has 0 saturated heterocycles. The summed E-state index contributed by atoms with van der Waals surface area (Å²) in [5, 5.41) is 7.88. The molecule has 2 atom stereocenters. The number of nitrogens with one attached hydrogen (secondary N) is 1. The summed E-state index contributed by atoms with van der Waals surface area (Å²) in [6, 6.07) is 10.2. The molecular formula is C20H28N4O. The number of carbonyl (C=O) groups is 1. The van der Waals surface area contributed by atoms with Crippen LogP contribution in [0.3, 0.4) is 0 Å². The number of rotatable bonds is 3. The molecule has 0 aliphatic heterocycles. The molecule has 1 amide bonds. The highest BCUT2D eigenvalue weighted by Crippen LogP contribution is 2.29. The molecule has 1 aromatic heterocycles. The first kappa shape index (κ1) is 17.7. The molecule has 0 bridgehead atoms. The molecule has 2 unspecified atom stereocenters. The quantitative estimate of drug-likeness (QED) is 0.897. The van der Waals surface area contributed by atoms with Gasteiger partial charge in [-0.3, -0.25) is 4.79 Å². The summed E-state index contributed by atoms with van der Waals surface area (Å²) in [7, 11) is 0. The monoisotopic (exact) mass is 340 g/mol. The van der Waals surface area contributed by atoms with Gasteiger partial charge in [-0.15, -0.1) is 0 Å². The van der Waals surface area contributed by atoms with Crippen LogP contribution in [0.4, 0.5) is 5.82 Å². The zero-order chi connectivity index (χ0) is 18.2. The molecule has 5 nitrogen and oxygen atoms in total. The van der Waals surface area contributed by atoms with E-state index in [1.807, 2.05) is 28.9 Å². The van der Waals surface area contributed by atoms with Crippen LogP contribution in [0.15, 0.2) is 30.3 Å². The van der Waals surface area contributed by atoms with Crippen LogP contribution >= 0.6 is 0 Å². The fraction of sp³-hybridized carbons (Fsp3) is 0.500. The van der Waals surface area contributed by atoms with Crippen molar-refractivity contribution >= 4 is 11.7 Å². The standard InChI is InChI=1S/C20H28N4O/c1-13-7-5-6-8-16(13)24-18(12-17(23-24)20(2,3)4)22-19(25)14-9-10-15(21)11-14/h5-8,12,14-15H,9-11,21H2,1-4H3,(H,22,25). The number of hydrogen-bond donors (Lipinski definition) is 2. The molecule has 1 fully saturated rings. The molecule has 1 aromatic carbocycles. The van der Waals surface area contributed by atoms with Gasteiger partial charge in [-0.1, -0.05) is 39.0 Å². The topological polar surface area (TPSA) is 72.9 Å². The predicted octanol–water partition coefficient (Wildman–Crippen LogP) is 3.54. The number of nitrogens with two attached hydrogens (primary N) is 1. The van der Waals surface area contributed by atoms with Crippen molar-refractivity contribution in [1.29, 1.82) is 0 Å². The molecule has 0 spiro atoms. The van der Waals surface area contributed by atoms with Crippen LogP contribution in [0.2, 0.25) is 0 Å². The second-order valence-electron chi connectivity index (χ2n) is 8.12. The predicted molar refractivity (Wildman–Crippen MR) is 101 cm³/mol. The summed E-state index contributed by atoms with van der Waals surface area (Å²) in [5.41, 5.74) is 8.92. The van der Waals surface area contributed by atoms with Crippen molar-refractivity contribution in [2.45, 2.75) is 58.4 Å². The van der Waals surface area contributed by atoms with Gasteiger partial charge in [0.25, 0.3) is 0 Å². The van der Waals surface area contributed by atoms with Gasteiger partial charge in [0.05, 0.1) is 11.4 Å². The van der Waals surface area contributed by atoms with Gasteiger partial charge >= 0.3 is 0 Å². The number of benzene rings is 1. The number of aryl methyl sites for hydroxylation is 1. The minimum Gasteiger partial charge on any atom is -0.328 e. The van der Waals surface area contributed by atoms with Gasteiger partial charge in [0.1, 0.15) is 5.82 Å². The number of carbonyl (C=O) groups excluding carboxylic acids is 1. The fourth-order valence-electron chi connectivity index (χ4n) is 3.30. The average molecular weight is 340 g/mol. The first-order chi connectivity index (χ1) is 11.8. The highest BCUT2D eigenvalue weighted by molar-refractivity contribution is 5.92. The average Bonchev–Trinajstić information content (AvgIpc) is 3.14. The van der Waals surface area contributed by atoms with Gasteiger partial charge in [-0.25, -0.2) is 4.68 Å². The van der Waals surface area contributed by atoms with Gasteiger partial charge in [0, 0.05) is 23.4 Å². The van der Waals surface area contributed by atoms with Gasteiger partial charge in [-0.2, -0.15) is 5.10 Å². The van der Waals surface area contributed by atoms with Crippen LogP contribution in [0.25, 0.3) is 5.69 Å². The minimum atomic E-state index is -0.0941. The maximum Gasteiger partial charge on any atom is 0.228 e. The lowest BCUT2D eigenvalue weighted by Gasteiger charge is -2.14. The van der Waals surface area contributed by atoms with Crippen LogP contribution in [0.1, 0.15) is 51.3 Å². The Morgan fingerprint density at radius 3 is 2.60 bits per heavy atom. The van der Waals surface area contributed by atoms with E-state index >= 15 is 0 Å². The van der Waals surface area contributed by atoms with Crippen molar-refractivity contribution in [3.63, 3.8) is 0 Å². The van der Waals surface area contributed by atoms with Gasteiger partial charge in [0.15, 0.2) is 0 Å². The molecule has 3 rings (SSSR count). The van der Waals surface area contributed by atoms with Crippen molar-refractivity contribution in [2.75, 3.05) is 5.32 Å². The summed E-state index contributed by atoms with van der Waals surface area (Å²) in [6.07, 6.45) is 2.54. The van der Waals surface area contributed by atoms with E-state index in [0.29, 0.717) is 0 Å². The first-order valence-corrected chi connectivity index (χ1v) is 8.98. The zero-order valence-corrected chi connectivity index (χ0v) is 15.5. The largest absolute Gasteiger partial charge is 0.328 e. The second kappa shape index (κ2) is 6.64. The summed E-state index contributed by atoms with van der Waals surface area (Å²) in [5.74, 6) is 0.765. The number of hydrogen-bond acceptors (Lipinski definition) is 3. The Morgan fingerprint density at radius 2 is 2.00 bits per heavy atom. The third-order valence-corrected chi connectivity index (χ3v) is 4.92. The molecule has 134 valence electrons. The highest BCUT2D eigenvalue weighted by Gasteiger charge is 2.29. The number of amides is 1. The van der Waals surface area contributed by atoms with Crippen molar-refractivity contribution in [3.05, 3.63) is 41.6 Å². The molecular weight excluding hydrogens is 312 g/mol. The van der Waals surface area contributed by atoms with Crippen LogP contribution in [0, 0.1) is 12.8 Å². The van der Waals surface area contributed by atoms with Crippen molar-refractivity contribution in [2.24, 2.45) is 11.7 Å². The number of anilines is 1. The maximum atomic E-state index is 12.7.